The lowest BCUT2D eigenvalue weighted by molar-refractivity contribution is 0.0718. The van der Waals surface area contributed by atoms with Gasteiger partial charge in [-0.3, -0.25) is 4.79 Å². The normalized spacial score (nSPS) is 15.7. The van der Waals surface area contributed by atoms with Gasteiger partial charge >= 0.3 is 0 Å². The minimum Gasteiger partial charge on any atom is -0.356 e. The number of rotatable bonds is 3. The van der Waals surface area contributed by atoms with E-state index in [1.54, 1.807) is 17.7 Å². The van der Waals surface area contributed by atoms with Crippen LogP contribution in [0.4, 0.5) is 5.82 Å². The average molecular weight is 330 g/mol. The molecule has 5 nitrogen and oxygen atoms in total. The van der Waals surface area contributed by atoms with E-state index in [-0.39, 0.29) is 5.91 Å². The Kier molecular flexibility index (Phi) is 4.61. The van der Waals surface area contributed by atoms with Gasteiger partial charge in [-0.2, -0.15) is 0 Å². The Hall–Kier alpha value is -1.95. The molecule has 0 unspecified atom stereocenters. The Bertz CT molecular complexity index is 691. The molecule has 0 spiro atoms. The molecule has 3 heterocycles. The minimum absolute atomic E-state index is 0.169. The highest BCUT2D eigenvalue weighted by molar-refractivity contribution is 7.13. The van der Waals surface area contributed by atoms with Gasteiger partial charge < -0.3 is 9.80 Å². The number of piperidine rings is 1. The molecule has 0 saturated carbocycles. The summed E-state index contributed by atoms with van der Waals surface area (Å²) in [5.41, 5.74) is 0.975. The molecule has 1 saturated heterocycles. The van der Waals surface area contributed by atoms with Crippen molar-refractivity contribution in [2.45, 2.75) is 32.7 Å². The van der Waals surface area contributed by atoms with E-state index in [9.17, 15) is 4.79 Å². The topological polar surface area (TPSA) is 49.3 Å². The van der Waals surface area contributed by atoms with Crippen LogP contribution in [0, 0.1) is 13.8 Å². The zero-order chi connectivity index (χ0) is 16.4. The van der Waals surface area contributed by atoms with Gasteiger partial charge in [0.15, 0.2) is 0 Å². The van der Waals surface area contributed by atoms with Gasteiger partial charge in [0, 0.05) is 42.8 Å². The van der Waals surface area contributed by atoms with Gasteiger partial charge in [-0.1, -0.05) is 0 Å². The number of hydrogen-bond donors (Lipinski definition) is 0. The van der Waals surface area contributed by atoms with Gasteiger partial charge in [-0.25, -0.2) is 9.97 Å². The third-order valence-corrected chi connectivity index (χ3v) is 5.39. The molecule has 0 atom stereocenters. The van der Waals surface area contributed by atoms with E-state index in [1.165, 1.54) is 4.88 Å². The summed E-state index contributed by atoms with van der Waals surface area (Å²) in [6, 6.07) is 6.37. The average Bonchev–Trinajstić information content (AvgIpc) is 3.00. The highest BCUT2D eigenvalue weighted by atomic mass is 32.1. The van der Waals surface area contributed by atoms with E-state index in [0.29, 0.717) is 6.04 Å². The summed E-state index contributed by atoms with van der Waals surface area (Å²) in [6.45, 7) is 5.61. The molecule has 0 aromatic carbocycles. The van der Waals surface area contributed by atoms with Gasteiger partial charge in [0.25, 0.3) is 5.91 Å². The lowest BCUT2D eigenvalue weighted by Crippen LogP contribution is -2.45. The number of likely N-dealkylation sites (tertiary alicyclic amines) is 1. The van der Waals surface area contributed by atoms with Crippen molar-refractivity contribution in [2.24, 2.45) is 0 Å². The van der Waals surface area contributed by atoms with Gasteiger partial charge in [0.1, 0.15) is 12.1 Å². The van der Waals surface area contributed by atoms with E-state index < -0.39 is 0 Å². The SMILES string of the molecule is Cc1cc(N(C)C2CCN(C(=O)c3ccc(C)s3)CC2)ncn1. The number of thiophene rings is 1. The van der Waals surface area contributed by atoms with Crippen LogP contribution < -0.4 is 4.90 Å². The fourth-order valence-electron chi connectivity index (χ4n) is 2.98. The molecule has 1 aliphatic rings. The maximum Gasteiger partial charge on any atom is 0.263 e. The molecule has 1 fully saturated rings. The van der Waals surface area contributed by atoms with Crippen LogP contribution in [0.3, 0.4) is 0 Å². The first-order valence-electron chi connectivity index (χ1n) is 7.92. The summed E-state index contributed by atoms with van der Waals surface area (Å²) in [4.78, 5) is 27.2. The van der Waals surface area contributed by atoms with Crippen LogP contribution in [0.5, 0.6) is 0 Å². The van der Waals surface area contributed by atoms with Crippen molar-refractivity contribution in [3.63, 3.8) is 0 Å². The van der Waals surface area contributed by atoms with Crippen LogP contribution in [0.15, 0.2) is 24.5 Å². The van der Waals surface area contributed by atoms with Crippen LogP contribution in [0.25, 0.3) is 0 Å². The molecule has 122 valence electrons. The van der Waals surface area contributed by atoms with Crippen molar-refractivity contribution < 1.29 is 4.79 Å². The predicted octanol–water partition coefficient (Wildman–Crippen LogP) is 2.90. The number of carbonyl (C=O) groups excluding carboxylic acids is 1. The van der Waals surface area contributed by atoms with E-state index in [4.69, 9.17) is 0 Å². The number of hydrogen-bond acceptors (Lipinski definition) is 5. The summed E-state index contributed by atoms with van der Waals surface area (Å²) in [5.74, 6) is 1.12. The number of anilines is 1. The van der Waals surface area contributed by atoms with Crippen LogP contribution in [-0.4, -0.2) is 47.0 Å². The van der Waals surface area contributed by atoms with E-state index in [1.807, 2.05) is 36.9 Å². The Morgan fingerprint density at radius 1 is 1.26 bits per heavy atom. The molecule has 0 radical (unpaired) electrons. The summed E-state index contributed by atoms with van der Waals surface area (Å²) in [6.07, 6.45) is 3.55. The number of aryl methyl sites for hydroxylation is 2. The van der Waals surface area contributed by atoms with Crippen LogP contribution >= 0.6 is 11.3 Å². The van der Waals surface area contributed by atoms with Crippen molar-refractivity contribution in [2.75, 3.05) is 25.0 Å². The second kappa shape index (κ2) is 6.66. The summed E-state index contributed by atoms with van der Waals surface area (Å²) in [5, 5.41) is 0. The molecule has 2 aromatic rings. The maximum atomic E-state index is 12.5. The summed E-state index contributed by atoms with van der Waals surface area (Å²) >= 11 is 1.58. The minimum atomic E-state index is 0.169. The first-order chi connectivity index (χ1) is 11.0. The smallest absolute Gasteiger partial charge is 0.263 e. The number of nitrogens with zero attached hydrogens (tertiary/aromatic N) is 4. The Labute approximate surface area is 141 Å². The van der Waals surface area contributed by atoms with Crippen LogP contribution in [-0.2, 0) is 0 Å². The van der Waals surface area contributed by atoms with Crippen molar-refractivity contribution in [1.29, 1.82) is 0 Å². The molecule has 6 heteroatoms. The molecule has 23 heavy (non-hydrogen) atoms. The van der Waals surface area contributed by atoms with Crippen molar-refractivity contribution >= 4 is 23.1 Å². The monoisotopic (exact) mass is 330 g/mol. The predicted molar refractivity (Wildman–Crippen MR) is 93.2 cm³/mol. The van der Waals surface area contributed by atoms with Gasteiger partial charge in [0.05, 0.1) is 4.88 Å². The van der Waals surface area contributed by atoms with E-state index in [0.717, 1.165) is 42.3 Å². The zero-order valence-electron chi connectivity index (χ0n) is 13.8. The second-order valence-corrected chi connectivity index (χ2v) is 7.35. The third-order valence-electron chi connectivity index (χ3n) is 4.40. The van der Waals surface area contributed by atoms with Gasteiger partial charge in [-0.15, -0.1) is 11.3 Å². The highest BCUT2D eigenvalue weighted by Gasteiger charge is 2.27. The molecular weight excluding hydrogens is 308 g/mol. The zero-order valence-corrected chi connectivity index (χ0v) is 14.6. The summed E-state index contributed by atoms with van der Waals surface area (Å²) in [7, 11) is 2.08. The summed E-state index contributed by atoms with van der Waals surface area (Å²) < 4.78 is 0. The molecule has 1 amide bonds. The fourth-order valence-corrected chi connectivity index (χ4v) is 3.82. The standard InChI is InChI=1S/C17H22N4OS/c1-12-10-16(19-11-18-12)20(3)14-6-8-21(9-7-14)17(22)15-5-4-13(2)23-15/h4-5,10-11,14H,6-9H2,1-3H3. The Morgan fingerprint density at radius 2 is 2.00 bits per heavy atom. The first-order valence-corrected chi connectivity index (χ1v) is 8.73. The van der Waals surface area contributed by atoms with Gasteiger partial charge in [0.2, 0.25) is 0 Å². The third kappa shape index (κ3) is 3.52. The van der Waals surface area contributed by atoms with Crippen molar-refractivity contribution in [1.82, 2.24) is 14.9 Å². The lowest BCUT2D eigenvalue weighted by Gasteiger charge is -2.37. The second-order valence-electron chi connectivity index (χ2n) is 6.06. The molecule has 0 aliphatic carbocycles. The van der Waals surface area contributed by atoms with E-state index in [2.05, 4.69) is 21.9 Å². The molecule has 0 bridgehead atoms. The number of aromatic nitrogens is 2. The molecule has 1 aliphatic heterocycles. The van der Waals surface area contributed by atoms with Crippen LogP contribution in [0.1, 0.15) is 33.1 Å². The first kappa shape index (κ1) is 15.9. The highest BCUT2D eigenvalue weighted by Crippen LogP contribution is 2.23. The van der Waals surface area contributed by atoms with Gasteiger partial charge in [-0.05, 0) is 38.8 Å². The maximum absolute atomic E-state index is 12.5. The largest absolute Gasteiger partial charge is 0.356 e. The number of carbonyl (C=O) groups is 1. The van der Waals surface area contributed by atoms with Crippen molar-refractivity contribution in [3.05, 3.63) is 40.0 Å². The van der Waals surface area contributed by atoms with Crippen LogP contribution in [0.2, 0.25) is 0 Å². The Balaban J connectivity index is 1.61. The molecule has 3 rings (SSSR count). The quantitative estimate of drug-likeness (QED) is 0.868. The molecule has 0 N–H and O–H groups in total. The van der Waals surface area contributed by atoms with E-state index >= 15 is 0 Å². The number of amides is 1. The van der Waals surface area contributed by atoms with Crippen molar-refractivity contribution in [3.8, 4) is 0 Å². The lowest BCUT2D eigenvalue weighted by atomic mass is 10.0. The Morgan fingerprint density at radius 3 is 2.61 bits per heavy atom. The molecule has 2 aromatic heterocycles. The fraction of sp³-hybridized carbons (Fsp3) is 0.471. The molecular formula is C17H22N4OS.